The minimum Gasteiger partial charge on any atom is -0.495 e. The van der Waals surface area contributed by atoms with Crippen LogP contribution in [0.4, 0.5) is 18.9 Å². The fourth-order valence-corrected chi connectivity index (χ4v) is 3.44. The summed E-state index contributed by atoms with van der Waals surface area (Å²) in [5, 5.41) is 3.40. The Balaban J connectivity index is 1.63. The van der Waals surface area contributed by atoms with Gasteiger partial charge in [0.05, 0.1) is 28.6 Å². The maximum atomic E-state index is 13.0. The standard InChI is InChI=1S/C24H17ClF3N3O3/c1-13-6-7-14(22(32)31-16-5-3-4-15(9-16)24(26,27)28)8-20(13)34-23-17-10-21(33-2)18(25)11-19(17)29-12-30-23/h3-12H,1-2H3,(H,31,32). The summed E-state index contributed by atoms with van der Waals surface area (Å²) in [5.74, 6) is 0.383. The number of rotatable bonds is 5. The van der Waals surface area contributed by atoms with Crippen molar-refractivity contribution < 1.29 is 27.4 Å². The van der Waals surface area contributed by atoms with Gasteiger partial charge >= 0.3 is 6.18 Å². The molecule has 0 spiro atoms. The van der Waals surface area contributed by atoms with Crippen LogP contribution < -0.4 is 14.8 Å². The fraction of sp³-hybridized carbons (Fsp3) is 0.125. The van der Waals surface area contributed by atoms with Crippen molar-refractivity contribution in [1.82, 2.24) is 9.97 Å². The number of halogens is 4. The highest BCUT2D eigenvalue weighted by Gasteiger charge is 2.30. The number of amides is 1. The van der Waals surface area contributed by atoms with Crippen LogP contribution in [-0.2, 0) is 6.18 Å². The first-order valence-corrected chi connectivity index (χ1v) is 10.3. The SMILES string of the molecule is COc1cc2c(Oc3cc(C(=O)Nc4cccc(C(F)(F)F)c4)ccc3C)ncnc2cc1Cl. The van der Waals surface area contributed by atoms with Gasteiger partial charge in [0.25, 0.3) is 5.91 Å². The van der Waals surface area contributed by atoms with Gasteiger partial charge in [-0.15, -0.1) is 0 Å². The summed E-state index contributed by atoms with van der Waals surface area (Å²) in [4.78, 5) is 21.1. The van der Waals surface area contributed by atoms with Gasteiger partial charge in [0.15, 0.2) is 0 Å². The number of methoxy groups -OCH3 is 1. The maximum Gasteiger partial charge on any atom is 0.416 e. The second-order valence-electron chi connectivity index (χ2n) is 7.30. The topological polar surface area (TPSA) is 73.3 Å². The lowest BCUT2D eigenvalue weighted by atomic mass is 10.1. The molecule has 0 saturated heterocycles. The molecule has 0 atom stereocenters. The molecule has 174 valence electrons. The summed E-state index contributed by atoms with van der Waals surface area (Å²) >= 11 is 6.16. The lowest BCUT2D eigenvalue weighted by Gasteiger charge is -2.13. The van der Waals surface area contributed by atoms with Crippen LogP contribution in [0.1, 0.15) is 21.5 Å². The Morgan fingerprint density at radius 1 is 1.03 bits per heavy atom. The maximum absolute atomic E-state index is 13.0. The number of fused-ring (bicyclic) bond motifs is 1. The number of aryl methyl sites for hydroxylation is 1. The second kappa shape index (κ2) is 9.18. The Morgan fingerprint density at radius 2 is 1.82 bits per heavy atom. The van der Waals surface area contributed by atoms with Gasteiger partial charge in [0.1, 0.15) is 17.8 Å². The first kappa shape index (κ1) is 23.3. The molecule has 0 radical (unpaired) electrons. The molecular formula is C24H17ClF3N3O3. The van der Waals surface area contributed by atoms with Crippen LogP contribution in [0.15, 0.2) is 60.9 Å². The molecule has 0 fully saturated rings. The Bertz CT molecular complexity index is 1390. The lowest BCUT2D eigenvalue weighted by molar-refractivity contribution is -0.137. The minimum atomic E-state index is -4.52. The molecule has 10 heteroatoms. The van der Waals surface area contributed by atoms with Gasteiger partial charge in [0.2, 0.25) is 5.88 Å². The summed E-state index contributed by atoms with van der Waals surface area (Å²) in [6.45, 7) is 1.78. The van der Waals surface area contributed by atoms with Gasteiger partial charge in [0, 0.05) is 11.3 Å². The van der Waals surface area contributed by atoms with E-state index in [-0.39, 0.29) is 17.1 Å². The van der Waals surface area contributed by atoms with Crippen LogP contribution in [0.5, 0.6) is 17.4 Å². The van der Waals surface area contributed by atoms with Gasteiger partial charge in [-0.2, -0.15) is 13.2 Å². The smallest absolute Gasteiger partial charge is 0.416 e. The van der Waals surface area contributed by atoms with E-state index in [1.54, 1.807) is 31.2 Å². The molecule has 0 bridgehead atoms. The molecule has 1 amide bonds. The van der Waals surface area contributed by atoms with Crippen LogP contribution in [0, 0.1) is 6.92 Å². The molecule has 0 aliphatic heterocycles. The number of alkyl halides is 3. The minimum absolute atomic E-state index is 0.0219. The van der Waals surface area contributed by atoms with Gasteiger partial charge in [-0.3, -0.25) is 4.79 Å². The van der Waals surface area contributed by atoms with Crippen molar-refractivity contribution in [2.75, 3.05) is 12.4 Å². The average molecular weight is 488 g/mol. The molecule has 1 N–H and O–H groups in total. The highest BCUT2D eigenvalue weighted by Crippen LogP contribution is 2.35. The van der Waals surface area contributed by atoms with Crippen LogP contribution in [0.25, 0.3) is 10.9 Å². The largest absolute Gasteiger partial charge is 0.495 e. The number of hydrogen-bond donors (Lipinski definition) is 1. The quantitative estimate of drug-likeness (QED) is 0.340. The molecule has 34 heavy (non-hydrogen) atoms. The summed E-state index contributed by atoms with van der Waals surface area (Å²) in [6, 6.07) is 12.4. The van der Waals surface area contributed by atoms with Gasteiger partial charge in [-0.1, -0.05) is 23.7 Å². The van der Waals surface area contributed by atoms with Crippen molar-refractivity contribution in [2.24, 2.45) is 0 Å². The first-order valence-electron chi connectivity index (χ1n) is 9.91. The van der Waals surface area contributed by atoms with Crippen molar-refractivity contribution in [1.29, 1.82) is 0 Å². The molecule has 0 aliphatic carbocycles. The third-order valence-electron chi connectivity index (χ3n) is 4.98. The molecule has 0 saturated carbocycles. The van der Waals surface area contributed by atoms with Gasteiger partial charge in [-0.05, 0) is 55.0 Å². The molecule has 3 aromatic carbocycles. The molecule has 1 aromatic heterocycles. The predicted octanol–water partition coefficient (Wildman–Crippen LogP) is 6.66. The summed E-state index contributed by atoms with van der Waals surface area (Å²) in [5.41, 5.74) is 0.602. The van der Waals surface area contributed by atoms with Crippen molar-refractivity contribution in [2.45, 2.75) is 13.1 Å². The van der Waals surface area contributed by atoms with E-state index in [0.717, 1.165) is 12.1 Å². The Hall–Kier alpha value is -3.85. The number of carbonyl (C=O) groups excluding carboxylic acids is 1. The Labute approximate surface area is 197 Å². The van der Waals surface area contributed by atoms with E-state index in [1.165, 1.54) is 31.6 Å². The number of hydrogen-bond acceptors (Lipinski definition) is 5. The van der Waals surface area contributed by atoms with E-state index in [0.29, 0.717) is 33.0 Å². The van der Waals surface area contributed by atoms with E-state index in [2.05, 4.69) is 15.3 Å². The number of aromatic nitrogens is 2. The highest BCUT2D eigenvalue weighted by atomic mass is 35.5. The molecule has 0 aliphatic rings. The third-order valence-corrected chi connectivity index (χ3v) is 5.27. The van der Waals surface area contributed by atoms with Crippen molar-refractivity contribution in [3.63, 3.8) is 0 Å². The molecule has 0 unspecified atom stereocenters. The first-order chi connectivity index (χ1) is 16.2. The second-order valence-corrected chi connectivity index (χ2v) is 7.70. The van der Waals surface area contributed by atoms with Crippen LogP contribution in [0.2, 0.25) is 5.02 Å². The lowest BCUT2D eigenvalue weighted by Crippen LogP contribution is -2.13. The number of carbonyl (C=O) groups is 1. The predicted molar refractivity (Wildman–Crippen MR) is 122 cm³/mol. The fourth-order valence-electron chi connectivity index (χ4n) is 3.20. The third kappa shape index (κ3) is 4.89. The van der Waals surface area contributed by atoms with Crippen LogP contribution in [-0.4, -0.2) is 23.0 Å². The Kier molecular flexibility index (Phi) is 6.30. The van der Waals surface area contributed by atoms with E-state index in [1.807, 2.05) is 0 Å². The number of benzene rings is 3. The molecular weight excluding hydrogens is 471 g/mol. The van der Waals surface area contributed by atoms with Gasteiger partial charge in [-0.25, -0.2) is 9.97 Å². The summed E-state index contributed by atoms with van der Waals surface area (Å²) < 4.78 is 50.1. The number of nitrogens with zero attached hydrogens (tertiary/aromatic N) is 2. The number of ether oxygens (including phenoxy) is 2. The van der Waals surface area contributed by atoms with Crippen molar-refractivity contribution in [3.05, 3.63) is 82.6 Å². The average Bonchev–Trinajstić information content (AvgIpc) is 2.79. The van der Waals surface area contributed by atoms with Gasteiger partial charge < -0.3 is 14.8 Å². The zero-order valence-electron chi connectivity index (χ0n) is 17.9. The van der Waals surface area contributed by atoms with Crippen LogP contribution >= 0.6 is 11.6 Å². The molecule has 6 nitrogen and oxygen atoms in total. The molecule has 4 rings (SSSR count). The normalized spacial score (nSPS) is 11.4. The van der Waals surface area contributed by atoms with E-state index in [9.17, 15) is 18.0 Å². The van der Waals surface area contributed by atoms with E-state index in [4.69, 9.17) is 21.1 Å². The zero-order valence-corrected chi connectivity index (χ0v) is 18.7. The number of nitrogens with one attached hydrogen (secondary N) is 1. The summed E-state index contributed by atoms with van der Waals surface area (Å²) in [6.07, 6.45) is -3.20. The molecule has 4 aromatic rings. The van der Waals surface area contributed by atoms with Crippen molar-refractivity contribution in [3.8, 4) is 17.4 Å². The van der Waals surface area contributed by atoms with Crippen molar-refractivity contribution >= 4 is 34.1 Å². The van der Waals surface area contributed by atoms with E-state index >= 15 is 0 Å². The van der Waals surface area contributed by atoms with E-state index < -0.39 is 17.6 Å². The van der Waals surface area contributed by atoms with Crippen LogP contribution in [0.3, 0.4) is 0 Å². The zero-order chi connectivity index (χ0) is 24.5. The Morgan fingerprint density at radius 3 is 2.56 bits per heavy atom. The highest BCUT2D eigenvalue weighted by molar-refractivity contribution is 6.32. The number of anilines is 1. The molecule has 1 heterocycles. The monoisotopic (exact) mass is 487 g/mol. The summed E-state index contributed by atoms with van der Waals surface area (Å²) in [7, 11) is 1.48.